The van der Waals surface area contributed by atoms with E-state index in [4.69, 9.17) is 0 Å². The van der Waals surface area contributed by atoms with Gasteiger partial charge in [0.2, 0.25) is 0 Å². The van der Waals surface area contributed by atoms with Gasteiger partial charge in [-0.1, -0.05) is 49.8 Å². The van der Waals surface area contributed by atoms with Gasteiger partial charge in [-0.25, -0.2) is 0 Å². The Morgan fingerprint density at radius 1 is 1.40 bits per heavy atom. The standard InChI is InChI=1S/C12H16.C3H6/c1-9-5-4-6-10(7-9)11-8-12(11,2)3;1-3-2/h4-7,11H,8H2,1-3H3;3H,1H2,2H3. The van der Waals surface area contributed by atoms with Crippen molar-refractivity contribution in [2.24, 2.45) is 5.41 Å². The molecule has 0 saturated heterocycles. The lowest BCUT2D eigenvalue weighted by molar-refractivity contribution is 0.621. The third-order valence-electron chi connectivity index (χ3n) is 2.96. The summed E-state index contributed by atoms with van der Waals surface area (Å²) in [4.78, 5) is 0. The second kappa shape index (κ2) is 4.65. The van der Waals surface area contributed by atoms with E-state index in [1.54, 1.807) is 6.08 Å². The van der Waals surface area contributed by atoms with Gasteiger partial charge in [0.05, 0.1) is 0 Å². The van der Waals surface area contributed by atoms with Crippen molar-refractivity contribution in [3.05, 3.63) is 48.0 Å². The second-order valence-corrected chi connectivity index (χ2v) is 5.07. The summed E-state index contributed by atoms with van der Waals surface area (Å²) in [5.74, 6) is 0.817. The third-order valence-corrected chi connectivity index (χ3v) is 2.96. The van der Waals surface area contributed by atoms with Gasteiger partial charge in [-0.2, -0.15) is 0 Å². The van der Waals surface area contributed by atoms with Crippen LogP contribution in [0.25, 0.3) is 0 Å². The van der Waals surface area contributed by atoms with E-state index in [1.807, 2.05) is 6.92 Å². The van der Waals surface area contributed by atoms with Crippen LogP contribution in [0.15, 0.2) is 36.9 Å². The lowest BCUT2D eigenvalue weighted by atomic mass is 10.0. The van der Waals surface area contributed by atoms with Crippen LogP contribution in [0.4, 0.5) is 0 Å². The molecule has 0 spiro atoms. The Balaban J connectivity index is 0.000000337. The van der Waals surface area contributed by atoms with Crippen LogP contribution < -0.4 is 0 Å². The van der Waals surface area contributed by atoms with E-state index in [-0.39, 0.29) is 0 Å². The molecule has 0 radical (unpaired) electrons. The van der Waals surface area contributed by atoms with Crippen molar-refractivity contribution in [2.45, 2.75) is 40.0 Å². The average Bonchev–Trinajstić information content (AvgIpc) is 2.77. The quantitative estimate of drug-likeness (QED) is 0.579. The van der Waals surface area contributed by atoms with Crippen molar-refractivity contribution < 1.29 is 0 Å². The molecule has 0 heteroatoms. The minimum Gasteiger partial charge on any atom is -0.103 e. The normalized spacial score (nSPS) is 21.2. The molecule has 1 saturated carbocycles. The molecule has 1 atom stereocenters. The Hall–Kier alpha value is -1.04. The second-order valence-electron chi connectivity index (χ2n) is 5.07. The maximum atomic E-state index is 3.36. The van der Waals surface area contributed by atoms with Gasteiger partial charge in [0.15, 0.2) is 0 Å². The summed E-state index contributed by atoms with van der Waals surface area (Å²) >= 11 is 0. The Morgan fingerprint density at radius 3 is 2.33 bits per heavy atom. The number of hydrogen-bond donors (Lipinski definition) is 0. The number of allylic oxidation sites excluding steroid dienone is 1. The molecule has 0 bridgehead atoms. The minimum absolute atomic E-state index is 0.563. The van der Waals surface area contributed by atoms with Gasteiger partial charge in [0, 0.05) is 0 Å². The first kappa shape index (κ1) is 12.0. The highest BCUT2D eigenvalue weighted by Gasteiger charge is 2.46. The average molecular weight is 202 g/mol. The Kier molecular flexibility index (Phi) is 3.73. The molecule has 0 aliphatic heterocycles. The molecule has 2 rings (SSSR count). The topological polar surface area (TPSA) is 0 Å². The van der Waals surface area contributed by atoms with Gasteiger partial charge in [-0.15, -0.1) is 6.58 Å². The van der Waals surface area contributed by atoms with Crippen molar-refractivity contribution in [3.63, 3.8) is 0 Å². The zero-order valence-electron chi connectivity index (χ0n) is 10.4. The Labute approximate surface area is 94.0 Å². The predicted octanol–water partition coefficient (Wildman–Crippen LogP) is 4.70. The fourth-order valence-electron chi connectivity index (χ4n) is 1.92. The predicted molar refractivity (Wildman–Crippen MR) is 68.2 cm³/mol. The highest BCUT2D eigenvalue weighted by atomic mass is 14.5. The molecule has 1 aliphatic carbocycles. The molecule has 0 N–H and O–H groups in total. The van der Waals surface area contributed by atoms with Crippen LogP contribution >= 0.6 is 0 Å². The first-order valence-corrected chi connectivity index (χ1v) is 5.65. The monoisotopic (exact) mass is 202 g/mol. The third kappa shape index (κ3) is 3.23. The zero-order chi connectivity index (χ0) is 11.5. The molecular weight excluding hydrogens is 180 g/mol. The van der Waals surface area contributed by atoms with Crippen LogP contribution in [0.3, 0.4) is 0 Å². The molecule has 1 unspecified atom stereocenters. The van der Waals surface area contributed by atoms with Crippen molar-refractivity contribution in [3.8, 4) is 0 Å². The van der Waals surface area contributed by atoms with Gasteiger partial charge in [-0.3, -0.25) is 0 Å². The first-order chi connectivity index (χ1) is 7.01. The maximum absolute atomic E-state index is 3.36. The Morgan fingerprint density at radius 2 is 1.93 bits per heavy atom. The lowest BCUT2D eigenvalue weighted by Crippen LogP contribution is -1.89. The number of hydrogen-bond acceptors (Lipinski definition) is 0. The summed E-state index contributed by atoms with van der Waals surface area (Å²) < 4.78 is 0. The zero-order valence-corrected chi connectivity index (χ0v) is 10.4. The number of rotatable bonds is 1. The van der Waals surface area contributed by atoms with Crippen LogP contribution in [-0.2, 0) is 0 Å². The molecule has 0 nitrogen and oxygen atoms in total. The van der Waals surface area contributed by atoms with E-state index in [0.29, 0.717) is 5.41 Å². The molecule has 0 aromatic heterocycles. The van der Waals surface area contributed by atoms with Crippen LogP contribution in [0.2, 0.25) is 0 Å². The van der Waals surface area contributed by atoms with Gasteiger partial charge < -0.3 is 0 Å². The van der Waals surface area contributed by atoms with Crippen molar-refractivity contribution in [2.75, 3.05) is 0 Å². The summed E-state index contributed by atoms with van der Waals surface area (Å²) in [6, 6.07) is 8.91. The van der Waals surface area contributed by atoms with Crippen molar-refractivity contribution in [1.29, 1.82) is 0 Å². The van der Waals surface area contributed by atoms with Gasteiger partial charge >= 0.3 is 0 Å². The van der Waals surface area contributed by atoms with Gasteiger partial charge in [0.25, 0.3) is 0 Å². The van der Waals surface area contributed by atoms with E-state index in [0.717, 1.165) is 5.92 Å². The first-order valence-electron chi connectivity index (χ1n) is 5.65. The molecule has 82 valence electrons. The fourth-order valence-corrected chi connectivity index (χ4v) is 1.92. The van der Waals surface area contributed by atoms with E-state index in [2.05, 4.69) is 51.6 Å². The van der Waals surface area contributed by atoms with Crippen LogP contribution in [0, 0.1) is 12.3 Å². The van der Waals surface area contributed by atoms with E-state index >= 15 is 0 Å². The van der Waals surface area contributed by atoms with Crippen LogP contribution in [0.1, 0.15) is 44.2 Å². The summed E-state index contributed by atoms with van der Waals surface area (Å²) in [7, 11) is 0. The lowest BCUT2D eigenvalue weighted by Gasteiger charge is -2.03. The van der Waals surface area contributed by atoms with Crippen LogP contribution in [0.5, 0.6) is 0 Å². The Bertz CT molecular complexity index is 334. The molecule has 1 aliphatic rings. The minimum atomic E-state index is 0.563. The largest absolute Gasteiger partial charge is 0.103 e. The van der Waals surface area contributed by atoms with E-state index < -0.39 is 0 Å². The summed E-state index contributed by atoms with van der Waals surface area (Å²) in [6.45, 7) is 12.1. The summed E-state index contributed by atoms with van der Waals surface area (Å²) in [5.41, 5.74) is 3.48. The summed E-state index contributed by atoms with van der Waals surface area (Å²) in [6.07, 6.45) is 3.11. The molecule has 1 aromatic carbocycles. The molecule has 1 fully saturated rings. The fraction of sp³-hybridized carbons (Fsp3) is 0.467. The molecular formula is C15H22. The highest BCUT2D eigenvalue weighted by Crippen LogP contribution is 2.58. The molecule has 0 amide bonds. The number of aryl methyl sites for hydroxylation is 1. The number of benzene rings is 1. The molecule has 0 heterocycles. The SMILES string of the molecule is C=CC.Cc1cccc(C2CC2(C)C)c1. The smallest absolute Gasteiger partial charge is 0.0105 e. The van der Waals surface area contributed by atoms with Gasteiger partial charge in [0.1, 0.15) is 0 Å². The molecule has 1 aromatic rings. The van der Waals surface area contributed by atoms with Crippen molar-refractivity contribution in [1.82, 2.24) is 0 Å². The maximum Gasteiger partial charge on any atom is -0.0105 e. The highest BCUT2D eigenvalue weighted by molar-refractivity contribution is 5.31. The van der Waals surface area contributed by atoms with Gasteiger partial charge in [-0.05, 0) is 37.2 Å². The van der Waals surface area contributed by atoms with Crippen molar-refractivity contribution >= 4 is 0 Å². The van der Waals surface area contributed by atoms with Crippen LogP contribution in [-0.4, -0.2) is 0 Å². The molecule has 15 heavy (non-hydrogen) atoms. The van der Waals surface area contributed by atoms with E-state index in [1.165, 1.54) is 17.5 Å². The van der Waals surface area contributed by atoms with E-state index in [9.17, 15) is 0 Å². The summed E-state index contributed by atoms with van der Waals surface area (Å²) in [5, 5.41) is 0.